The Morgan fingerprint density at radius 2 is 1.15 bits per heavy atom. The van der Waals surface area contributed by atoms with E-state index in [1.54, 1.807) is 0 Å². The summed E-state index contributed by atoms with van der Waals surface area (Å²) in [5.74, 6) is -0.484. The van der Waals surface area contributed by atoms with Gasteiger partial charge in [0.1, 0.15) is 24.4 Å². The zero-order valence-electron chi connectivity index (χ0n) is 28.7. The second-order valence-corrected chi connectivity index (χ2v) is 18.3. The van der Waals surface area contributed by atoms with Gasteiger partial charge in [-0.2, -0.15) is 0 Å². The molecule has 1 fully saturated rings. The van der Waals surface area contributed by atoms with Crippen LogP contribution in [-0.2, 0) is 18.7 Å². The molecule has 0 aromatic heterocycles. The molecule has 258 valence electrons. The number of hydrogen-bond donors (Lipinski definition) is 3. The van der Waals surface area contributed by atoms with Gasteiger partial charge in [-0.1, -0.05) is 165 Å². The van der Waals surface area contributed by atoms with Crippen molar-refractivity contribution in [2.45, 2.75) is 153 Å². The third-order valence-electron chi connectivity index (χ3n) is 9.28. The average molecular weight is 657 g/mol. The highest BCUT2D eigenvalue weighted by molar-refractivity contribution is 6.99. The number of carbonyl (C=O) groups excluding carboxylic acids is 1. The minimum atomic E-state index is -2.94. The number of esters is 1. The number of rotatable bonds is 20. The predicted octanol–water partition coefficient (Wildman–Crippen LogP) is 6.40. The molecular formula is C38H60O7Si. The minimum Gasteiger partial charge on any atom is -0.433 e. The van der Waals surface area contributed by atoms with Crippen LogP contribution in [0, 0.1) is 0 Å². The van der Waals surface area contributed by atoms with Crippen LogP contribution in [-0.4, -0.2) is 66.9 Å². The number of aliphatic hydroxyl groups is 3. The predicted molar refractivity (Wildman–Crippen MR) is 187 cm³/mol. The fraction of sp³-hybridized carbons (Fsp3) is 0.658. The Morgan fingerprint density at radius 3 is 1.61 bits per heavy atom. The Hall–Kier alpha value is -2.07. The smallest absolute Gasteiger partial charge is 0.308 e. The average Bonchev–Trinajstić information content (AvgIpc) is 3.04. The normalized spacial score (nSPS) is 22.1. The van der Waals surface area contributed by atoms with Gasteiger partial charge in [0.2, 0.25) is 6.29 Å². The lowest BCUT2D eigenvalue weighted by atomic mass is 9.99. The summed E-state index contributed by atoms with van der Waals surface area (Å²) >= 11 is 0. The molecule has 7 nitrogen and oxygen atoms in total. The molecular weight excluding hydrogens is 596 g/mol. The molecule has 46 heavy (non-hydrogen) atoms. The van der Waals surface area contributed by atoms with Crippen molar-refractivity contribution in [3.8, 4) is 0 Å². The first kappa shape index (κ1) is 38.4. The highest BCUT2D eigenvalue weighted by atomic mass is 28.4. The van der Waals surface area contributed by atoms with Gasteiger partial charge in [0.25, 0.3) is 8.32 Å². The fourth-order valence-electron chi connectivity index (χ4n) is 6.60. The fourth-order valence-corrected chi connectivity index (χ4v) is 11.2. The largest absolute Gasteiger partial charge is 0.433 e. The van der Waals surface area contributed by atoms with E-state index in [1.807, 2.05) is 36.4 Å². The van der Waals surface area contributed by atoms with Crippen LogP contribution in [0.25, 0.3) is 0 Å². The van der Waals surface area contributed by atoms with E-state index < -0.39 is 45.0 Å². The van der Waals surface area contributed by atoms with Gasteiger partial charge in [0.15, 0.2) is 0 Å². The highest BCUT2D eigenvalue weighted by Crippen LogP contribution is 2.37. The Kier molecular flexibility index (Phi) is 16.4. The van der Waals surface area contributed by atoms with Gasteiger partial charge in [-0.15, -0.1) is 0 Å². The molecule has 0 spiro atoms. The zero-order chi connectivity index (χ0) is 33.4. The van der Waals surface area contributed by atoms with Gasteiger partial charge in [-0.25, -0.2) is 0 Å². The maximum absolute atomic E-state index is 12.7. The minimum absolute atomic E-state index is 0.0505. The van der Waals surface area contributed by atoms with E-state index in [0.29, 0.717) is 6.42 Å². The van der Waals surface area contributed by atoms with Crippen molar-refractivity contribution >= 4 is 24.7 Å². The standard InChI is InChI=1S/C38H60O7Si/c1-5-6-7-8-9-10-11-12-13-14-15-16-23-28-33(39)45-37-36(42)35(41)34(40)32(44-37)29-43-46(38(2,3)4,30-24-19-17-20-25-30)31-26-21-18-22-27-31/h17-22,24-27,32,34-37,40-42H,5-16,23,28-29H2,1-4H3/t32-,34+,35+,36-,37-/m1/s1. The van der Waals surface area contributed by atoms with Gasteiger partial charge in [-0.05, 0) is 21.8 Å². The molecule has 5 atom stereocenters. The Morgan fingerprint density at radius 1 is 0.696 bits per heavy atom. The summed E-state index contributed by atoms with van der Waals surface area (Å²) in [6.07, 6.45) is 9.09. The van der Waals surface area contributed by atoms with Crippen LogP contribution in [0.2, 0.25) is 5.04 Å². The molecule has 2 aromatic carbocycles. The first-order valence-electron chi connectivity index (χ1n) is 17.8. The molecule has 3 N–H and O–H groups in total. The van der Waals surface area contributed by atoms with Gasteiger partial charge < -0.3 is 29.2 Å². The van der Waals surface area contributed by atoms with Crippen molar-refractivity contribution in [1.29, 1.82) is 0 Å². The second kappa shape index (κ2) is 19.7. The third kappa shape index (κ3) is 11.0. The summed E-state index contributed by atoms with van der Waals surface area (Å²) in [5, 5.41) is 34.1. The number of carbonyl (C=O) groups is 1. The maximum Gasteiger partial charge on any atom is 0.308 e. The first-order valence-corrected chi connectivity index (χ1v) is 19.7. The lowest BCUT2D eigenvalue weighted by molar-refractivity contribution is -0.291. The lowest BCUT2D eigenvalue weighted by Crippen LogP contribution is -2.68. The summed E-state index contributed by atoms with van der Waals surface area (Å²) in [5.41, 5.74) is 0. The molecule has 1 heterocycles. The zero-order valence-corrected chi connectivity index (χ0v) is 29.7. The summed E-state index contributed by atoms with van der Waals surface area (Å²) < 4.78 is 18.3. The van der Waals surface area contributed by atoms with Crippen molar-refractivity contribution in [1.82, 2.24) is 0 Å². The van der Waals surface area contributed by atoms with E-state index >= 15 is 0 Å². The Balaban J connectivity index is 1.51. The van der Waals surface area contributed by atoms with E-state index in [4.69, 9.17) is 13.9 Å². The van der Waals surface area contributed by atoms with Crippen LogP contribution in [0.3, 0.4) is 0 Å². The molecule has 0 amide bonds. The SMILES string of the molecule is CCCCCCCCCCCCCCCC(=O)O[C@H]1O[C@H](CO[Si](c2ccccc2)(c2ccccc2)C(C)(C)C)[C@H](O)[C@H](O)[C@H]1O. The van der Waals surface area contributed by atoms with Gasteiger partial charge in [-0.3, -0.25) is 4.79 Å². The van der Waals surface area contributed by atoms with Crippen LogP contribution in [0.5, 0.6) is 0 Å². The quantitative estimate of drug-likeness (QED) is 0.0861. The molecule has 0 aliphatic carbocycles. The van der Waals surface area contributed by atoms with Crippen molar-refractivity contribution < 1.29 is 34.0 Å². The van der Waals surface area contributed by atoms with E-state index in [9.17, 15) is 20.1 Å². The van der Waals surface area contributed by atoms with Gasteiger partial charge in [0, 0.05) is 6.42 Å². The Labute approximate surface area is 278 Å². The molecule has 0 saturated carbocycles. The molecule has 1 saturated heterocycles. The molecule has 0 bridgehead atoms. The summed E-state index contributed by atoms with van der Waals surface area (Å²) in [6, 6.07) is 20.2. The number of hydrogen-bond acceptors (Lipinski definition) is 7. The number of benzene rings is 2. The molecule has 1 aliphatic heterocycles. The van der Waals surface area contributed by atoms with Crippen molar-refractivity contribution in [2.24, 2.45) is 0 Å². The van der Waals surface area contributed by atoms with E-state index in [2.05, 4.69) is 52.0 Å². The number of aliphatic hydroxyl groups excluding tert-OH is 3. The monoisotopic (exact) mass is 656 g/mol. The summed E-state index contributed by atoms with van der Waals surface area (Å²) in [7, 11) is -2.94. The van der Waals surface area contributed by atoms with Gasteiger partial charge in [0.05, 0.1) is 6.61 Å². The van der Waals surface area contributed by atoms with E-state index in [1.165, 1.54) is 64.2 Å². The number of ether oxygens (including phenoxy) is 2. The molecule has 0 unspecified atom stereocenters. The van der Waals surface area contributed by atoms with Crippen molar-refractivity contribution in [2.75, 3.05) is 6.61 Å². The lowest BCUT2D eigenvalue weighted by Gasteiger charge is -2.45. The molecule has 2 aromatic rings. The van der Waals surface area contributed by atoms with Crippen molar-refractivity contribution in [3.63, 3.8) is 0 Å². The van der Waals surface area contributed by atoms with Gasteiger partial charge >= 0.3 is 5.97 Å². The first-order chi connectivity index (χ1) is 22.1. The molecule has 3 rings (SSSR count). The van der Waals surface area contributed by atoms with E-state index in [0.717, 1.165) is 23.2 Å². The van der Waals surface area contributed by atoms with Crippen LogP contribution in [0.1, 0.15) is 118 Å². The summed E-state index contributed by atoms with van der Waals surface area (Å²) in [6.45, 7) is 8.65. The van der Waals surface area contributed by atoms with Crippen LogP contribution in [0.15, 0.2) is 60.7 Å². The summed E-state index contributed by atoms with van der Waals surface area (Å²) in [4.78, 5) is 12.7. The van der Waals surface area contributed by atoms with Crippen LogP contribution >= 0.6 is 0 Å². The topological polar surface area (TPSA) is 105 Å². The van der Waals surface area contributed by atoms with E-state index in [-0.39, 0.29) is 18.1 Å². The maximum atomic E-state index is 12.7. The molecule has 1 aliphatic rings. The third-order valence-corrected chi connectivity index (χ3v) is 14.3. The molecule has 0 radical (unpaired) electrons. The Bertz CT molecular complexity index is 1070. The van der Waals surface area contributed by atoms with Crippen LogP contribution in [0.4, 0.5) is 0 Å². The highest BCUT2D eigenvalue weighted by Gasteiger charge is 2.52. The van der Waals surface area contributed by atoms with Crippen molar-refractivity contribution in [3.05, 3.63) is 60.7 Å². The van der Waals surface area contributed by atoms with Crippen LogP contribution < -0.4 is 10.4 Å². The molecule has 8 heteroatoms. The second-order valence-electron chi connectivity index (χ2n) is 14.0. The number of unbranched alkanes of at least 4 members (excludes halogenated alkanes) is 12.